The largest absolute Gasteiger partial charge is 0.377 e. The van der Waals surface area contributed by atoms with E-state index in [2.05, 4.69) is 12.2 Å². The summed E-state index contributed by atoms with van der Waals surface area (Å²) in [5.41, 5.74) is 0. The summed E-state index contributed by atoms with van der Waals surface area (Å²) < 4.78 is 5.38. The summed E-state index contributed by atoms with van der Waals surface area (Å²) in [6, 6.07) is 0.798. The molecule has 1 saturated carbocycles. The monoisotopic (exact) mass is 212 g/mol. The fourth-order valence-corrected chi connectivity index (χ4v) is 2.07. The van der Waals surface area contributed by atoms with Crippen molar-refractivity contribution < 1.29 is 9.53 Å². The van der Waals surface area contributed by atoms with Crippen molar-refractivity contribution in [2.24, 2.45) is 0 Å². The molecule has 2 amide bonds. The molecule has 0 spiro atoms. The second kappa shape index (κ2) is 4.84. The van der Waals surface area contributed by atoms with E-state index in [9.17, 15) is 4.79 Å². The van der Waals surface area contributed by atoms with Crippen LogP contribution in [0.3, 0.4) is 0 Å². The molecule has 0 radical (unpaired) electrons. The minimum atomic E-state index is 0.106. The Kier molecular flexibility index (Phi) is 3.46. The van der Waals surface area contributed by atoms with E-state index >= 15 is 0 Å². The summed E-state index contributed by atoms with van der Waals surface area (Å²) in [5.74, 6) is 0. The Balaban J connectivity index is 1.85. The summed E-state index contributed by atoms with van der Waals surface area (Å²) in [6.07, 6.45) is 4.52. The van der Waals surface area contributed by atoms with Gasteiger partial charge in [-0.3, -0.25) is 0 Å². The normalized spacial score (nSPS) is 27.3. The Bertz CT molecular complexity index is 229. The third-order valence-corrected chi connectivity index (χ3v) is 3.39. The molecule has 0 aromatic carbocycles. The van der Waals surface area contributed by atoms with Gasteiger partial charge in [-0.15, -0.1) is 0 Å². The molecule has 4 heteroatoms. The highest BCUT2D eigenvalue weighted by molar-refractivity contribution is 5.75. The Morgan fingerprint density at radius 3 is 2.93 bits per heavy atom. The van der Waals surface area contributed by atoms with Gasteiger partial charge in [-0.05, 0) is 25.7 Å². The molecule has 1 heterocycles. The van der Waals surface area contributed by atoms with Crippen molar-refractivity contribution >= 4 is 6.03 Å². The fraction of sp³-hybridized carbons (Fsp3) is 0.909. The molecule has 1 N–H and O–H groups in total. The van der Waals surface area contributed by atoms with Crippen LogP contribution in [0, 0.1) is 0 Å². The van der Waals surface area contributed by atoms with E-state index in [1.807, 2.05) is 4.90 Å². The molecule has 1 atom stereocenters. The Hall–Kier alpha value is -0.770. The number of carbonyl (C=O) groups is 1. The SMILES string of the molecule is CCC1COCCN1C(=O)NC1CCC1. The maximum atomic E-state index is 11.9. The molecule has 86 valence electrons. The zero-order valence-corrected chi connectivity index (χ0v) is 9.37. The van der Waals surface area contributed by atoms with Gasteiger partial charge in [-0.1, -0.05) is 6.92 Å². The Labute approximate surface area is 91.0 Å². The number of ether oxygens (including phenoxy) is 1. The van der Waals surface area contributed by atoms with Gasteiger partial charge in [-0.25, -0.2) is 4.79 Å². The molecule has 2 fully saturated rings. The Morgan fingerprint density at radius 2 is 2.33 bits per heavy atom. The molecule has 1 unspecified atom stereocenters. The maximum Gasteiger partial charge on any atom is 0.318 e. The molecule has 1 saturated heterocycles. The van der Waals surface area contributed by atoms with E-state index in [4.69, 9.17) is 4.74 Å². The van der Waals surface area contributed by atoms with Crippen LogP contribution in [0.5, 0.6) is 0 Å². The molecule has 2 rings (SSSR count). The maximum absolute atomic E-state index is 11.9. The number of nitrogens with one attached hydrogen (secondary N) is 1. The highest BCUT2D eigenvalue weighted by atomic mass is 16.5. The van der Waals surface area contributed by atoms with Crippen LogP contribution in [0.2, 0.25) is 0 Å². The summed E-state index contributed by atoms with van der Waals surface area (Å²) >= 11 is 0. The summed E-state index contributed by atoms with van der Waals surface area (Å²) in [4.78, 5) is 13.9. The van der Waals surface area contributed by atoms with Crippen LogP contribution in [0.4, 0.5) is 4.79 Å². The van der Waals surface area contributed by atoms with Crippen LogP contribution >= 0.6 is 0 Å². The van der Waals surface area contributed by atoms with Crippen molar-refractivity contribution in [2.45, 2.75) is 44.7 Å². The van der Waals surface area contributed by atoms with Crippen molar-refractivity contribution in [3.63, 3.8) is 0 Å². The van der Waals surface area contributed by atoms with Crippen LogP contribution in [-0.2, 0) is 4.74 Å². The third kappa shape index (κ3) is 2.43. The lowest BCUT2D eigenvalue weighted by Gasteiger charge is -2.37. The van der Waals surface area contributed by atoms with E-state index in [1.165, 1.54) is 6.42 Å². The van der Waals surface area contributed by atoms with Gasteiger partial charge in [0.1, 0.15) is 0 Å². The van der Waals surface area contributed by atoms with Gasteiger partial charge in [0, 0.05) is 12.6 Å². The number of rotatable bonds is 2. The van der Waals surface area contributed by atoms with Crippen LogP contribution in [0.15, 0.2) is 0 Å². The number of amides is 2. The number of urea groups is 1. The predicted molar refractivity (Wildman–Crippen MR) is 57.8 cm³/mol. The number of nitrogens with zero attached hydrogens (tertiary/aromatic N) is 1. The number of hydrogen-bond acceptors (Lipinski definition) is 2. The van der Waals surface area contributed by atoms with Gasteiger partial charge in [0.05, 0.1) is 19.3 Å². The first-order chi connectivity index (χ1) is 7.31. The van der Waals surface area contributed by atoms with Crippen molar-refractivity contribution in [1.29, 1.82) is 0 Å². The van der Waals surface area contributed by atoms with Crippen LogP contribution in [0.1, 0.15) is 32.6 Å². The van der Waals surface area contributed by atoms with Gasteiger partial charge in [-0.2, -0.15) is 0 Å². The van der Waals surface area contributed by atoms with Crippen LogP contribution in [-0.4, -0.2) is 42.8 Å². The summed E-state index contributed by atoms with van der Waals surface area (Å²) in [7, 11) is 0. The van der Waals surface area contributed by atoms with Gasteiger partial charge >= 0.3 is 6.03 Å². The first kappa shape index (κ1) is 10.7. The summed E-state index contributed by atoms with van der Waals surface area (Å²) in [6.45, 7) is 4.20. The molecule has 0 aromatic rings. The van der Waals surface area contributed by atoms with Gasteiger partial charge < -0.3 is 15.0 Å². The van der Waals surface area contributed by atoms with Crippen molar-refractivity contribution in [3.05, 3.63) is 0 Å². The van der Waals surface area contributed by atoms with E-state index < -0.39 is 0 Å². The fourth-order valence-electron chi connectivity index (χ4n) is 2.07. The quantitative estimate of drug-likeness (QED) is 0.751. The first-order valence-corrected chi connectivity index (χ1v) is 5.96. The molecule has 15 heavy (non-hydrogen) atoms. The van der Waals surface area contributed by atoms with Gasteiger partial charge in [0.25, 0.3) is 0 Å². The van der Waals surface area contributed by atoms with Gasteiger partial charge in [0.15, 0.2) is 0 Å². The third-order valence-electron chi connectivity index (χ3n) is 3.39. The van der Waals surface area contributed by atoms with Crippen LogP contribution in [0.25, 0.3) is 0 Å². The number of morpholine rings is 1. The smallest absolute Gasteiger partial charge is 0.318 e. The lowest BCUT2D eigenvalue weighted by atomic mass is 9.93. The average Bonchev–Trinajstić information content (AvgIpc) is 2.23. The number of carbonyl (C=O) groups excluding carboxylic acids is 1. The van der Waals surface area contributed by atoms with Crippen molar-refractivity contribution in [3.8, 4) is 0 Å². The average molecular weight is 212 g/mol. The predicted octanol–water partition coefficient (Wildman–Crippen LogP) is 1.36. The van der Waals surface area contributed by atoms with E-state index in [0.717, 1.165) is 25.8 Å². The number of hydrogen-bond donors (Lipinski definition) is 1. The molecule has 1 aliphatic carbocycles. The lowest BCUT2D eigenvalue weighted by molar-refractivity contribution is 0.0101. The zero-order valence-electron chi connectivity index (χ0n) is 9.37. The highest BCUT2D eigenvalue weighted by Crippen LogP contribution is 2.19. The molecular formula is C11H20N2O2. The van der Waals surface area contributed by atoms with E-state index in [0.29, 0.717) is 19.3 Å². The van der Waals surface area contributed by atoms with Crippen molar-refractivity contribution in [1.82, 2.24) is 10.2 Å². The zero-order chi connectivity index (χ0) is 10.7. The van der Waals surface area contributed by atoms with E-state index in [-0.39, 0.29) is 12.1 Å². The highest BCUT2D eigenvalue weighted by Gasteiger charge is 2.28. The molecular weight excluding hydrogens is 192 g/mol. The standard InChI is InChI=1S/C11H20N2O2/c1-2-10-8-15-7-6-13(10)11(14)12-9-4-3-5-9/h9-10H,2-8H2,1H3,(H,12,14). The molecule has 4 nitrogen and oxygen atoms in total. The lowest BCUT2D eigenvalue weighted by Crippen LogP contribution is -2.55. The first-order valence-electron chi connectivity index (χ1n) is 5.96. The molecule has 1 aliphatic heterocycles. The molecule has 0 bridgehead atoms. The minimum absolute atomic E-state index is 0.106. The second-order valence-corrected chi connectivity index (χ2v) is 4.41. The minimum Gasteiger partial charge on any atom is -0.377 e. The summed E-state index contributed by atoms with van der Waals surface area (Å²) in [5, 5.41) is 3.08. The topological polar surface area (TPSA) is 41.6 Å². The van der Waals surface area contributed by atoms with E-state index in [1.54, 1.807) is 0 Å². The van der Waals surface area contributed by atoms with Gasteiger partial charge in [0.2, 0.25) is 0 Å². The molecule has 2 aliphatic rings. The molecule has 0 aromatic heterocycles. The Morgan fingerprint density at radius 1 is 1.53 bits per heavy atom. The van der Waals surface area contributed by atoms with Crippen LogP contribution < -0.4 is 5.32 Å². The second-order valence-electron chi connectivity index (χ2n) is 4.41. The van der Waals surface area contributed by atoms with Crippen molar-refractivity contribution in [2.75, 3.05) is 19.8 Å².